The van der Waals surface area contributed by atoms with Crippen molar-refractivity contribution >= 4 is 16.7 Å². The van der Waals surface area contributed by atoms with Crippen LogP contribution >= 0.6 is 0 Å². The highest BCUT2D eigenvalue weighted by molar-refractivity contribution is 5.89. The van der Waals surface area contributed by atoms with E-state index in [4.69, 9.17) is 5.73 Å². The van der Waals surface area contributed by atoms with E-state index in [-0.39, 0.29) is 5.82 Å². The van der Waals surface area contributed by atoms with E-state index in [2.05, 4.69) is 5.10 Å². The molecule has 0 radical (unpaired) electrons. The molecular formula is C8H8FN3. The number of nitrogen functional groups attached to an aromatic ring is 1. The molecular weight excluding hydrogens is 157 g/mol. The Hall–Kier alpha value is -1.58. The summed E-state index contributed by atoms with van der Waals surface area (Å²) in [6.07, 6.45) is 0. The van der Waals surface area contributed by atoms with Crippen molar-refractivity contribution in [3.05, 3.63) is 24.0 Å². The quantitative estimate of drug-likeness (QED) is 0.639. The molecule has 3 nitrogen and oxygen atoms in total. The number of hydrogen-bond donors (Lipinski definition) is 1. The molecule has 2 rings (SSSR count). The first-order valence-electron chi connectivity index (χ1n) is 3.57. The van der Waals surface area contributed by atoms with Crippen molar-refractivity contribution in [3.63, 3.8) is 0 Å². The second-order valence-corrected chi connectivity index (χ2v) is 2.64. The summed E-state index contributed by atoms with van der Waals surface area (Å²) in [5.74, 6) is 0.0428. The van der Waals surface area contributed by atoms with Gasteiger partial charge in [-0.2, -0.15) is 5.10 Å². The van der Waals surface area contributed by atoms with Gasteiger partial charge in [-0.25, -0.2) is 4.39 Å². The van der Waals surface area contributed by atoms with Gasteiger partial charge in [-0.3, -0.25) is 4.68 Å². The van der Waals surface area contributed by atoms with E-state index in [0.29, 0.717) is 16.7 Å². The van der Waals surface area contributed by atoms with E-state index in [1.165, 1.54) is 10.7 Å². The zero-order valence-electron chi connectivity index (χ0n) is 6.58. The van der Waals surface area contributed by atoms with E-state index < -0.39 is 0 Å². The molecule has 4 heteroatoms. The predicted octanol–water partition coefficient (Wildman–Crippen LogP) is 1.29. The topological polar surface area (TPSA) is 43.8 Å². The Kier molecular flexibility index (Phi) is 1.30. The normalized spacial score (nSPS) is 10.8. The van der Waals surface area contributed by atoms with Gasteiger partial charge in [0.2, 0.25) is 0 Å². The summed E-state index contributed by atoms with van der Waals surface area (Å²) in [4.78, 5) is 0. The van der Waals surface area contributed by atoms with Crippen molar-refractivity contribution in [2.75, 3.05) is 5.73 Å². The van der Waals surface area contributed by atoms with Crippen molar-refractivity contribution < 1.29 is 4.39 Å². The number of rotatable bonds is 0. The molecule has 1 heterocycles. The highest BCUT2D eigenvalue weighted by Gasteiger charge is 2.08. The summed E-state index contributed by atoms with van der Waals surface area (Å²) in [7, 11) is 1.69. The molecule has 0 amide bonds. The number of anilines is 1. The molecule has 1 aromatic heterocycles. The molecule has 0 aliphatic heterocycles. The minimum absolute atomic E-state index is 0.321. The molecule has 2 N–H and O–H groups in total. The molecule has 2 aromatic rings. The van der Waals surface area contributed by atoms with Gasteiger partial charge < -0.3 is 5.73 Å². The minimum Gasteiger partial charge on any atom is -0.383 e. The lowest BCUT2D eigenvalue weighted by atomic mass is 10.2. The third-order valence-electron chi connectivity index (χ3n) is 1.85. The van der Waals surface area contributed by atoms with Crippen molar-refractivity contribution in [2.24, 2.45) is 7.05 Å². The molecule has 1 aromatic carbocycles. The van der Waals surface area contributed by atoms with Gasteiger partial charge in [0.15, 0.2) is 0 Å². The molecule has 0 unspecified atom stereocenters. The lowest BCUT2D eigenvalue weighted by Crippen LogP contribution is -1.97. The summed E-state index contributed by atoms with van der Waals surface area (Å²) in [6.45, 7) is 0. The molecule has 12 heavy (non-hydrogen) atoms. The van der Waals surface area contributed by atoms with Crippen LogP contribution < -0.4 is 5.73 Å². The molecule has 62 valence electrons. The number of benzene rings is 1. The number of nitrogens with zero attached hydrogens (tertiary/aromatic N) is 2. The Morgan fingerprint density at radius 2 is 2.25 bits per heavy atom. The SMILES string of the molecule is Cn1nc2cccc(F)c2c1N. The van der Waals surface area contributed by atoms with Gasteiger partial charge >= 0.3 is 0 Å². The van der Waals surface area contributed by atoms with Gasteiger partial charge in [0.05, 0.1) is 10.9 Å². The molecule has 0 atom stereocenters. The van der Waals surface area contributed by atoms with E-state index >= 15 is 0 Å². The molecule has 0 fully saturated rings. The summed E-state index contributed by atoms with van der Waals surface area (Å²) in [5, 5.41) is 4.43. The number of fused-ring (bicyclic) bond motifs is 1. The summed E-state index contributed by atoms with van der Waals surface area (Å²) in [5.41, 5.74) is 6.19. The van der Waals surface area contributed by atoms with Gasteiger partial charge in [-0.1, -0.05) is 6.07 Å². The van der Waals surface area contributed by atoms with Crippen LogP contribution in [-0.4, -0.2) is 9.78 Å². The number of halogens is 1. The number of hydrogen-bond acceptors (Lipinski definition) is 2. The van der Waals surface area contributed by atoms with Crippen LogP contribution in [0, 0.1) is 5.82 Å². The van der Waals surface area contributed by atoms with Gasteiger partial charge in [0.1, 0.15) is 11.6 Å². The molecule has 0 aliphatic carbocycles. The molecule has 0 saturated heterocycles. The maximum absolute atomic E-state index is 13.1. The van der Waals surface area contributed by atoms with Crippen LogP contribution in [-0.2, 0) is 7.05 Å². The summed E-state index contributed by atoms with van der Waals surface area (Å²) in [6, 6.07) is 4.72. The van der Waals surface area contributed by atoms with Crippen LogP contribution in [0.2, 0.25) is 0 Å². The minimum atomic E-state index is -0.321. The van der Waals surface area contributed by atoms with E-state index in [1.54, 1.807) is 19.2 Å². The van der Waals surface area contributed by atoms with Crippen LogP contribution in [0.3, 0.4) is 0 Å². The van der Waals surface area contributed by atoms with E-state index in [9.17, 15) is 4.39 Å². The largest absolute Gasteiger partial charge is 0.383 e. The Morgan fingerprint density at radius 1 is 1.50 bits per heavy atom. The maximum atomic E-state index is 13.1. The third kappa shape index (κ3) is 0.777. The fourth-order valence-corrected chi connectivity index (χ4v) is 1.23. The second kappa shape index (κ2) is 2.20. The van der Waals surface area contributed by atoms with Gasteiger partial charge in [-0.15, -0.1) is 0 Å². The highest BCUT2D eigenvalue weighted by atomic mass is 19.1. The first-order chi connectivity index (χ1) is 5.70. The average molecular weight is 165 g/mol. The predicted molar refractivity (Wildman–Crippen MR) is 45.1 cm³/mol. The maximum Gasteiger partial charge on any atom is 0.136 e. The fraction of sp³-hybridized carbons (Fsp3) is 0.125. The van der Waals surface area contributed by atoms with Crippen LogP contribution in [0.4, 0.5) is 10.2 Å². The van der Waals surface area contributed by atoms with Crippen LogP contribution in [0.5, 0.6) is 0 Å². The van der Waals surface area contributed by atoms with Crippen molar-refractivity contribution in [1.82, 2.24) is 9.78 Å². The highest BCUT2D eigenvalue weighted by Crippen LogP contribution is 2.22. The second-order valence-electron chi connectivity index (χ2n) is 2.64. The fourth-order valence-electron chi connectivity index (χ4n) is 1.23. The Bertz CT molecular complexity index is 433. The zero-order chi connectivity index (χ0) is 8.72. The molecule has 0 aliphatic rings. The summed E-state index contributed by atoms with van der Waals surface area (Å²) >= 11 is 0. The summed E-state index contributed by atoms with van der Waals surface area (Å²) < 4.78 is 14.6. The Balaban J connectivity index is 2.97. The average Bonchev–Trinajstić information content (AvgIpc) is 2.29. The Morgan fingerprint density at radius 3 is 2.92 bits per heavy atom. The lowest BCUT2D eigenvalue weighted by Gasteiger charge is -1.92. The smallest absolute Gasteiger partial charge is 0.136 e. The molecule has 0 saturated carbocycles. The molecule has 0 spiro atoms. The van der Waals surface area contributed by atoms with Gasteiger partial charge in [0, 0.05) is 7.05 Å². The van der Waals surface area contributed by atoms with Crippen LogP contribution in [0.1, 0.15) is 0 Å². The number of nitrogens with two attached hydrogens (primary N) is 1. The Labute approximate surface area is 68.6 Å². The lowest BCUT2D eigenvalue weighted by molar-refractivity contribution is 0.640. The third-order valence-corrected chi connectivity index (χ3v) is 1.85. The zero-order valence-corrected chi connectivity index (χ0v) is 6.58. The molecule has 0 bridgehead atoms. The first kappa shape index (κ1) is 7.09. The van der Waals surface area contributed by atoms with Gasteiger partial charge in [-0.05, 0) is 12.1 Å². The van der Waals surface area contributed by atoms with Crippen LogP contribution in [0.25, 0.3) is 10.9 Å². The van der Waals surface area contributed by atoms with E-state index in [1.807, 2.05) is 0 Å². The van der Waals surface area contributed by atoms with Gasteiger partial charge in [0.25, 0.3) is 0 Å². The van der Waals surface area contributed by atoms with Crippen molar-refractivity contribution in [1.29, 1.82) is 0 Å². The standard InChI is InChI=1S/C8H8FN3/c1-12-8(10)7-5(9)3-2-4-6(7)11-12/h2-4H,10H2,1H3. The van der Waals surface area contributed by atoms with Crippen LogP contribution in [0.15, 0.2) is 18.2 Å². The van der Waals surface area contributed by atoms with E-state index in [0.717, 1.165) is 0 Å². The van der Waals surface area contributed by atoms with Crippen molar-refractivity contribution in [3.8, 4) is 0 Å². The first-order valence-corrected chi connectivity index (χ1v) is 3.57. The number of aryl methyl sites for hydroxylation is 1. The van der Waals surface area contributed by atoms with Crippen molar-refractivity contribution in [2.45, 2.75) is 0 Å². The monoisotopic (exact) mass is 165 g/mol. The number of aromatic nitrogens is 2.